The Morgan fingerprint density at radius 2 is 1.56 bits per heavy atom. The van der Waals surface area contributed by atoms with Crippen LogP contribution in [-0.2, 0) is 21.2 Å². The van der Waals surface area contributed by atoms with E-state index in [0.717, 1.165) is 56.3 Å². The van der Waals surface area contributed by atoms with Crippen LogP contribution in [0.15, 0.2) is 83.3 Å². The summed E-state index contributed by atoms with van der Waals surface area (Å²) < 4.78 is 27.7. The first-order chi connectivity index (χ1) is 21.4. The minimum absolute atomic E-state index is 0.0444. The number of halogens is 1. The van der Waals surface area contributed by atoms with Crippen molar-refractivity contribution in [2.45, 2.75) is 50.8 Å². The summed E-state index contributed by atoms with van der Waals surface area (Å²) in [5, 5.41) is 9.59. The van der Waals surface area contributed by atoms with Crippen LogP contribution in [0.1, 0.15) is 61.0 Å². The van der Waals surface area contributed by atoms with Crippen LogP contribution in [0.25, 0.3) is 5.57 Å². The lowest BCUT2D eigenvalue weighted by molar-refractivity contribution is -0.136. The predicted octanol–water partition coefficient (Wildman–Crippen LogP) is 6.26. The molecule has 10 heteroatoms. The van der Waals surface area contributed by atoms with Crippen LogP contribution in [0.2, 0.25) is 5.02 Å². The molecule has 0 aromatic heterocycles. The lowest BCUT2D eigenvalue weighted by atomic mass is 9.73. The molecule has 2 N–H and O–H groups in total. The molecule has 1 aliphatic heterocycles. The lowest BCUT2D eigenvalue weighted by Crippen LogP contribution is -2.47. The molecule has 1 fully saturated rings. The number of nitrogens with one attached hydrogen (secondary N) is 1. The fourth-order valence-corrected chi connectivity index (χ4v) is 7.25. The summed E-state index contributed by atoms with van der Waals surface area (Å²) in [5.41, 5.74) is 6.47. The maximum Gasteiger partial charge on any atom is 0.303 e. The minimum atomic E-state index is -4.08. The molecule has 0 radical (unpaired) electrons. The van der Waals surface area contributed by atoms with Crippen molar-refractivity contribution in [2.75, 3.05) is 37.6 Å². The standard InChI is InChI=1S/C35H40ClN3O5S/c1-35(2)18-17-32(26-6-10-29(36)11-7-26)28(23-35)24-38-19-21-39(22-20-38)30-12-8-27(9-13-30)34(42)37-45(43,44)31-14-3-25(4-15-31)5-16-33(40)41/h3-4,6-15H,5,16-24H2,1-2H3,(H,37,42)(H,40,41). The van der Waals surface area contributed by atoms with Crippen LogP contribution in [-0.4, -0.2) is 63.0 Å². The molecule has 238 valence electrons. The molecule has 1 aliphatic carbocycles. The Balaban J connectivity index is 1.17. The van der Waals surface area contributed by atoms with Gasteiger partial charge in [0.1, 0.15) is 0 Å². The first-order valence-electron chi connectivity index (χ1n) is 15.3. The van der Waals surface area contributed by atoms with Gasteiger partial charge in [-0.15, -0.1) is 0 Å². The van der Waals surface area contributed by atoms with E-state index >= 15 is 0 Å². The number of carbonyl (C=O) groups is 2. The van der Waals surface area contributed by atoms with E-state index in [4.69, 9.17) is 16.7 Å². The number of hydrogen-bond donors (Lipinski definition) is 2. The summed E-state index contributed by atoms with van der Waals surface area (Å²) in [6, 6.07) is 21.1. The second-order valence-corrected chi connectivity index (χ2v) is 14.8. The number of carbonyl (C=O) groups excluding carboxylic acids is 1. The fourth-order valence-electron chi connectivity index (χ4n) is 6.15. The highest BCUT2D eigenvalue weighted by Gasteiger charge is 2.29. The van der Waals surface area contributed by atoms with Gasteiger partial charge >= 0.3 is 5.97 Å². The number of benzene rings is 3. The highest BCUT2D eigenvalue weighted by Crippen LogP contribution is 2.42. The number of carboxylic acids is 1. The third kappa shape index (κ3) is 8.54. The smallest absolute Gasteiger partial charge is 0.303 e. The summed E-state index contributed by atoms with van der Waals surface area (Å²) in [5.74, 6) is -1.63. The van der Waals surface area contributed by atoms with Gasteiger partial charge in [0, 0.05) is 55.4 Å². The molecule has 0 spiro atoms. The van der Waals surface area contributed by atoms with Gasteiger partial charge in [0.25, 0.3) is 15.9 Å². The van der Waals surface area contributed by atoms with Crippen molar-refractivity contribution in [1.82, 2.24) is 9.62 Å². The molecule has 0 bridgehead atoms. The molecular weight excluding hydrogens is 610 g/mol. The van der Waals surface area contributed by atoms with Gasteiger partial charge in [-0.25, -0.2) is 13.1 Å². The average Bonchev–Trinajstić information content (AvgIpc) is 3.01. The molecule has 1 saturated heterocycles. The third-order valence-electron chi connectivity index (χ3n) is 8.73. The SMILES string of the molecule is CC1(C)CCC(c2ccc(Cl)cc2)=C(CN2CCN(c3ccc(C(=O)NS(=O)(=O)c4ccc(CCC(=O)O)cc4)cc3)CC2)C1. The first-order valence-corrected chi connectivity index (χ1v) is 17.2. The number of anilines is 1. The van der Waals surface area contributed by atoms with Gasteiger partial charge in [0.05, 0.1) is 4.90 Å². The minimum Gasteiger partial charge on any atom is -0.481 e. The largest absolute Gasteiger partial charge is 0.481 e. The normalized spacial score (nSPS) is 17.3. The number of allylic oxidation sites excluding steroid dienone is 1. The van der Waals surface area contributed by atoms with E-state index in [-0.39, 0.29) is 22.3 Å². The molecule has 2 aliphatic rings. The molecule has 1 heterocycles. The maximum absolute atomic E-state index is 12.8. The van der Waals surface area contributed by atoms with Crippen molar-refractivity contribution < 1.29 is 23.1 Å². The van der Waals surface area contributed by atoms with E-state index in [1.54, 1.807) is 24.3 Å². The van der Waals surface area contributed by atoms with Gasteiger partial charge in [0.2, 0.25) is 0 Å². The zero-order chi connectivity index (χ0) is 32.2. The molecule has 1 amide bonds. The Hall–Kier alpha value is -3.66. The van der Waals surface area contributed by atoms with Crippen LogP contribution in [0.4, 0.5) is 5.69 Å². The molecule has 0 saturated carbocycles. The molecule has 0 unspecified atom stereocenters. The number of aryl methyl sites for hydroxylation is 1. The van der Waals surface area contributed by atoms with Crippen molar-refractivity contribution in [3.05, 3.63) is 100 Å². The van der Waals surface area contributed by atoms with Crippen molar-refractivity contribution in [1.29, 1.82) is 0 Å². The van der Waals surface area contributed by atoms with Crippen LogP contribution in [0.5, 0.6) is 0 Å². The van der Waals surface area contributed by atoms with Crippen LogP contribution < -0.4 is 9.62 Å². The number of aliphatic carboxylic acids is 1. The van der Waals surface area contributed by atoms with Gasteiger partial charge < -0.3 is 10.0 Å². The first kappa shape index (κ1) is 32.7. The van der Waals surface area contributed by atoms with Crippen molar-refractivity contribution >= 4 is 44.8 Å². The zero-order valence-electron chi connectivity index (χ0n) is 25.8. The van der Waals surface area contributed by atoms with E-state index in [1.807, 2.05) is 24.3 Å². The molecule has 0 atom stereocenters. The Morgan fingerprint density at radius 3 is 2.18 bits per heavy atom. The lowest BCUT2D eigenvalue weighted by Gasteiger charge is -2.39. The summed E-state index contributed by atoms with van der Waals surface area (Å²) in [6.45, 7) is 9.22. The van der Waals surface area contributed by atoms with E-state index < -0.39 is 21.9 Å². The fraction of sp³-hybridized carbons (Fsp3) is 0.371. The second-order valence-electron chi connectivity index (χ2n) is 12.7. The molecule has 3 aromatic rings. The van der Waals surface area contributed by atoms with E-state index in [1.165, 1.54) is 35.3 Å². The topological polar surface area (TPSA) is 107 Å². The molecule has 5 rings (SSSR count). The average molecular weight is 650 g/mol. The summed E-state index contributed by atoms with van der Waals surface area (Å²) in [4.78, 5) is 28.3. The quantitative estimate of drug-likeness (QED) is 0.267. The monoisotopic (exact) mass is 649 g/mol. The number of piperazine rings is 1. The van der Waals surface area contributed by atoms with Gasteiger partial charge in [-0.1, -0.05) is 55.3 Å². The number of rotatable bonds is 10. The Kier molecular flexibility index (Phi) is 10.0. The maximum atomic E-state index is 12.8. The van der Waals surface area contributed by atoms with E-state index in [0.29, 0.717) is 12.0 Å². The molecule has 45 heavy (non-hydrogen) atoms. The van der Waals surface area contributed by atoms with Gasteiger partial charge in [0.15, 0.2) is 0 Å². The van der Waals surface area contributed by atoms with Gasteiger partial charge in [-0.2, -0.15) is 0 Å². The van der Waals surface area contributed by atoms with E-state index in [9.17, 15) is 18.0 Å². The van der Waals surface area contributed by atoms with Crippen LogP contribution >= 0.6 is 11.6 Å². The Bertz CT molecular complexity index is 1660. The second kappa shape index (κ2) is 13.8. The summed E-state index contributed by atoms with van der Waals surface area (Å²) in [7, 11) is -4.08. The Labute approximate surface area is 270 Å². The summed E-state index contributed by atoms with van der Waals surface area (Å²) in [6.07, 6.45) is 3.59. The van der Waals surface area contributed by atoms with Gasteiger partial charge in [-0.05, 0) is 96.3 Å². The number of hydrogen-bond acceptors (Lipinski definition) is 6. The summed E-state index contributed by atoms with van der Waals surface area (Å²) >= 11 is 6.16. The number of amides is 1. The zero-order valence-corrected chi connectivity index (χ0v) is 27.3. The number of carboxylic acid groups (broad SMARTS) is 1. The van der Waals surface area contributed by atoms with Crippen molar-refractivity contribution in [2.24, 2.45) is 5.41 Å². The van der Waals surface area contributed by atoms with Crippen molar-refractivity contribution in [3.63, 3.8) is 0 Å². The van der Waals surface area contributed by atoms with Crippen LogP contribution in [0, 0.1) is 5.41 Å². The van der Waals surface area contributed by atoms with Gasteiger partial charge in [-0.3, -0.25) is 14.5 Å². The number of nitrogens with zero attached hydrogens (tertiary/aromatic N) is 2. The predicted molar refractivity (Wildman–Crippen MR) is 178 cm³/mol. The Morgan fingerprint density at radius 1 is 0.911 bits per heavy atom. The molecule has 8 nitrogen and oxygen atoms in total. The highest BCUT2D eigenvalue weighted by atomic mass is 35.5. The third-order valence-corrected chi connectivity index (χ3v) is 10.3. The van der Waals surface area contributed by atoms with Crippen molar-refractivity contribution in [3.8, 4) is 0 Å². The molecular formula is C35H40ClN3O5S. The van der Waals surface area contributed by atoms with E-state index in [2.05, 4.69) is 40.5 Å². The highest BCUT2D eigenvalue weighted by molar-refractivity contribution is 7.90. The van der Waals surface area contributed by atoms with Crippen LogP contribution in [0.3, 0.4) is 0 Å². The molecule has 3 aromatic carbocycles. The number of sulfonamides is 1.